The van der Waals surface area contributed by atoms with Crippen LogP contribution in [0.3, 0.4) is 0 Å². The number of ether oxygens (including phenoxy) is 1. The van der Waals surface area contributed by atoms with E-state index in [-0.39, 0.29) is 17.9 Å². The summed E-state index contributed by atoms with van der Waals surface area (Å²) in [5.41, 5.74) is 1.64. The predicted octanol–water partition coefficient (Wildman–Crippen LogP) is 5.04. The molecular weight excluding hydrogens is 352 g/mol. The smallest absolute Gasteiger partial charge is 0.255 e. The Morgan fingerprint density at radius 3 is 2.39 bits per heavy atom. The number of nitrogens with one attached hydrogen (secondary N) is 2. The van der Waals surface area contributed by atoms with Crippen LogP contribution in [0.2, 0.25) is 0 Å². The number of carbonyl (C=O) groups excluding carboxylic acids is 2. The molecule has 0 aromatic heterocycles. The first kappa shape index (κ1) is 21.5. The summed E-state index contributed by atoms with van der Waals surface area (Å²) >= 11 is 0. The van der Waals surface area contributed by atoms with Crippen molar-refractivity contribution < 1.29 is 14.3 Å². The SMILES string of the molecule is CCCCCOc1ccc(C(=O)Nc2cccc(C(=O)NC(C)CC)c2)cc1. The van der Waals surface area contributed by atoms with E-state index in [2.05, 4.69) is 17.6 Å². The maximum atomic E-state index is 12.5. The number of benzene rings is 2. The maximum Gasteiger partial charge on any atom is 0.255 e. The second-order valence-electron chi connectivity index (χ2n) is 6.90. The van der Waals surface area contributed by atoms with Gasteiger partial charge < -0.3 is 15.4 Å². The van der Waals surface area contributed by atoms with Gasteiger partial charge in [0.2, 0.25) is 0 Å². The molecule has 0 aliphatic rings. The lowest BCUT2D eigenvalue weighted by atomic mass is 10.1. The van der Waals surface area contributed by atoms with E-state index in [0.29, 0.717) is 23.4 Å². The predicted molar refractivity (Wildman–Crippen MR) is 113 cm³/mol. The third-order valence-electron chi connectivity index (χ3n) is 4.51. The molecule has 1 unspecified atom stereocenters. The molecule has 0 saturated carbocycles. The lowest BCUT2D eigenvalue weighted by molar-refractivity contribution is 0.0938. The average molecular weight is 383 g/mol. The number of amides is 2. The van der Waals surface area contributed by atoms with E-state index in [1.807, 2.05) is 13.8 Å². The van der Waals surface area contributed by atoms with Gasteiger partial charge in [-0.3, -0.25) is 9.59 Å². The largest absolute Gasteiger partial charge is 0.494 e. The van der Waals surface area contributed by atoms with Crippen LogP contribution in [0.1, 0.15) is 67.2 Å². The summed E-state index contributed by atoms with van der Waals surface area (Å²) in [5, 5.41) is 5.76. The Morgan fingerprint density at radius 2 is 1.71 bits per heavy atom. The van der Waals surface area contributed by atoms with Crippen molar-refractivity contribution in [2.45, 2.75) is 52.5 Å². The summed E-state index contributed by atoms with van der Waals surface area (Å²) in [4.78, 5) is 24.7. The molecule has 2 aromatic carbocycles. The van der Waals surface area contributed by atoms with Crippen LogP contribution in [0.4, 0.5) is 5.69 Å². The molecule has 1 atom stereocenters. The van der Waals surface area contributed by atoms with Gasteiger partial charge in [-0.25, -0.2) is 0 Å². The van der Waals surface area contributed by atoms with Gasteiger partial charge in [0.15, 0.2) is 0 Å². The van der Waals surface area contributed by atoms with Crippen molar-refractivity contribution in [1.82, 2.24) is 5.32 Å². The second-order valence-corrected chi connectivity index (χ2v) is 6.90. The number of rotatable bonds is 10. The molecule has 28 heavy (non-hydrogen) atoms. The van der Waals surface area contributed by atoms with Gasteiger partial charge in [-0.1, -0.05) is 32.8 Å². The van der Waals surface area contributed by atoms with Gasteiger partial charge in [-0.05, 0) is 62.2 Å². The number of unbranched alkanes of at least 4 members (excludes halogenated alkanes) is 2. The molecule has 0 radical (unpaired) electrons. The first-order valence-electron chi connectivity index (χ1n) is 9.98. The van der Waals surface area contributed by atoms with Crippen LogP contribution in [0.5, 0.6) is 5.75 Å². The Labute approximate surface area is 167 Å². The van der Waals surface area contributed by atoms with Crippen molar-refractivity contribution in [2.75, 3.05) is 11.9 Å². The van der Waals surface area contributed by atoms with Gasteiger partial charge in [0.05, 0.1) is 6.61 Å². The maximum absolute atomic E-state index is 12.5. The highest BCUT2D eigenvalue weighted by Crippen LogP contribution is 2.16. The number of hydrogen-bond acceptors (Lipinski definition) is 3. The Hall–Kier alpha value is -2.82. The fraction of sp³-hybridized carbons (Fsp3) is 0.391. The summed E-state index contributed by atoms with van der Waals surface area (Å²) in [6.45, 7) is 6.82. The minimum Gasteiger partial charge on any atom is -0.494 e. The summed E-state index contributed by atoms with van der Waals surface area (Å²) in [7, 11) is 0. The van der Waals surface area contributed by atoms with E-state index >= 15 is 0 Å². The fourth-order valence-electron chi connectivity index (χ4n) is 2.60. The molecule has 0 saturated heterocycles. The van der Waals surface area contributed by atoms with E-state index in [1.165, 1.54) is 0 Å². The quantitative estimate of drug-likeness (QED) is 0.566. The third-order valence-corrected chi connectivity index (χ3v) is 4.51. The first-order valence-corrected chi connectivity index (χ1v) is 9.98. The highest BCUT2D eigenvalue weighted by molar-refractivity contribution is 6.05. The van der Waals surface area contributed by atoms with Crippen molar-refractivity contribution in [1.29, 1.82) is 0 Å². The topological polar surface area (TPSA) is 67.4 Å². The van der Waals surface area contributed by atoms with Gasteiger partial charge in [-0.2, -0.15) is 0 Å². The molecule has 5 heteroatoms. The molecule has 2 rings (SSSR count). The van der Waals surface area contributed by atoms with Crippen LogP contribution in [0.15, 0.2) is 48.5 Å². The Morgan fingerprint density at radius 1 is 0.964 bits per heavy atom. The van der Waals surface area contributed by atoms with Crippen LogP contribution in [-0.2, 0) is 0 Å². The molecule has 2 N–H and O–H groups in total. The second kappa shape index (κ2) is 11.1. The molecule has 0 aliphatic carbocycles. The third kappa shape index (κ3) is 6.72. The van der Waals surface area contributed by atoms with Crippen molar-refractivity contribution >= 4 is 17.5 Å². The van der Waals surface area contributed by atoms with Crippen LogP contribution in [0, 0.1) is 0 Å². The minimum absolute atomic E-state index is 0.105. The van der Waals surface area contributed by atoms with Crippen molar-refractivity contribution in [2.24, 2.45) is 0 Å². The molecule has 0 fully saturated rings. The standard InChI is InChI=1S/C23H30N2O3/c1-4-6-7-15-28-21-13-11-18(12-14-21)22(26)25-20-10-8-9-19(16-20)23(27)24-17(3)5-2/h8-14,16-17H,4-7,15H2,1-3H3,(H,24,27)(H,25,26). The zero-order chi connectivity index (χ0) is 20.4. The molecule has 5 nitrogen and oxygen atoms in total. The average Bonchev–Trinajstić information content (AvgIpc) is 2.71. The van der Waals surface area contributed by atoms with Crippen molar-refractivity contribution in [3.63, 3.8) is 0 Å². The summed E-state index contributed by atoms with van der Waals surface area (Å²) in [5.74, 6) is 0.392. The molecule has 0 aliphatic heterocycles. The molecule has 2 aromatic rings. The Kier molecular flexibility index (Phi) is 8.53. The Bertz CT molecular complexity index is 772. The van der Waals surface area contributed by atoms with Gasteiger partial charge in [0.1, 0.15) is 5.75 Å². The first-order chi connectivity index (χ1) is 13.5. The van der Waals surface area contributed by atoms with E-state index < -0.39 is 0 Å². The molecule has 2 amide bonds. The van der Waals surface area contributed by atoms with Crippen LogP contribution < -0.4 is 15.4 Å². The fourth-order valence-corrected chi connectivity index (χ4v) is 2.60. The van der Waals surface area contributed by atoms with Gasteiger partial charge in [0, 0.05) is 22.9 Å². The summed E-state index contributed by atoms with van der Waals surface area (Å²) in [6, 6.07) is 14.1. The number of hydrogen-bond donors (Lipinski definition) is 2. The highest BCUT2D eigenvalue weighted by Gasteiger charge is 2.11. The normalized spacial score (nSPS) is 11.5. The van der Waals surface area contributed by atoms with E-state index in [0.717, 1.165) is 31.4 Å². The number of carbonyl (C=O) groups is 2. The van der Waals surface area contributed by atoms with Crippen LogP contribution in [-0.4, -0.2) is 24.5 Å². The zero-order valence-electron chi connectivity index (χ0n) is 17.0. The zero-order valence-corrected chi connectivity index (χ0v) is 17.0. The molecule has 150 valence electrons. The van der Waals surface area contributed by atoms with Crippen LogP contribution in [0.25, 0.3) is 0 Å². The lowest BCUT2D eigenvalue weighted by Gasteiger charge is -2.12. The lowest BCUT2D eigenvalue weighted by Crippen LogP contribution is -2.31. The van der Waals surface area contributed by atoms with E-state index in [1.54, 1.807) is 48.5 Å². The van der Waals surface area contributed by atoms with E-state index in [9.17, 15) is 9.59 Å². The molecule has 0 bridgehead atoms. The van der Waals surface area contributed by atoms with Gasteiger partial charge >= 0.3 is 0 Å². The molecular formula is C23H30N2O3. The molecule has 0 spiro atoms. The van der Waals surface area contributed by atoms with Gasteiger partial charge in [-0.15, -0.1) is 0 Å². The van der Waals surface area contributed by atoms with Crippen molar-refractivity contribution in [3.05, 3.63) is 59.7 Å². The minimum atomic E-state index is -0.225. The summed E-state index contributed by atoms with van der Waals surface area (Å²) in [6.07, 6.45) is 4.19. The van der Waals surface area contributed by atoms with Crippen molar-refractivity contribution in [3.8, 4) is 5.75 Å². The van der Waals surface area contributed by atoms with Gasteiger partial charge in [0.25, 0.3) is 11.8 Å². The van der Waals surface area contributed by atoms with Crippen LogP contribution >= 0.6 is 0 Å². The van der Waals surface area contributed by atoms with E-state index in [4.69, 9.17) is 4.74 Å². The highest BCUT2D eigenvalue weighted by atomic mass is 16.5. The number of anilines is 1. The monoisotopic (exact) mass is 382 g/mol. The summed E-state index contributed by atoms with van der Waals surface area (Å²) < 4.78 is 5.67. The molecule has 0 heterocycles. The Balaban J connectivity index is 1.95.